The first-order chi connectivity index (χ1) is 13.5. The van der Waals surface area contributed by atoms with Crippen molar-refractivity contribution in [3.05, 3.63) is 48.0 Å². The van der Waals surface area contributed by atoms with Crippen LogP contribution in [0.2, 0.25) is 0 Å². The quantitative estimate of drug-likeness (QED) is 0.662. The highest BCUT2D eigenvalue weighted by Crippen LogP contribution is 2.48. The number of para-hydroxylation sites is 1. The summed E-state index contributed by atoms with van der Waals surface area (Å²) in [6, 6.07) is 12.8. The number of nitrogens with zero attached hydrogens (tertiary/aromatic N) is 2. The van der Waals surface area contributed by atoms with Crippen LogP contribution in [0.1, 0.15) is 17.2 Å². The lowest BCUT2D eigenvalue weighted by Gasteiger charge is -2.31. The number of nitrogens with two attached hydrogens (primary N) is 1. The molecule has 1 aliphatic rings. The van der Waals surface area contributed by atoms with Crippen LogP contribution < -0.4 is 15.4 Å². The SMILES string of the molecule is CN(CCN)CCCOc1ccc(O)cc1C1Sc2ccccc2N(C)C1=O. The van der Waals surface area contributed by atoms with E-state index < -0.39 is 5.25 Å². The van der Waals surface area contributed by atoms with E-state index in [1.54, 1.807) is 30.1 Å². The number of carbonyl (C=O) groups is 1. The van der Waals surface area contributed by atoms with Crippen LogP contribution in [-0.4, -0.2) is 56.3 Å². The van der Waals surface area contributed by atoms with Crippen LogP contribution in [-0.2, 0) is 4.79 Å². The molecule has 1 heterocycles. The highest BCUT2D eigenvalue weighted by molar-refractivity contribution is 8.00. The maximum atomic E-state index is 13.0. The molecular weight excluding hydrogens is 374 g/mol. The van der Waals surface area contributed by atoms with Crippen molar-refractivity contribution in [2.45, 2.75) is 16.6 Å². The number of likely N-dealkylation sites (N-methyl/N-ethyl adjacent to an activating group) is 2. The molecule has 2 aromatic rings. The Morgan fingerprint density at radius 3 is 2.82 bits per heavy atom. The number of ether oxygens (including phenoxy) is 1. The molecule has 0 fully saturated rings. The lowest BCUT2D eigenvalue weighted by Crippen LogP contribution is -2.33. The minimum atomic E-state index is -0.457. The van der Waals surface area contributed by atoms with Crippen LogP contribution in [0.3, 0.4) is 0 Å². The molecular formula is C21H27N3O3S. The molecule has 0 bridgehead atoms. The first-order valence-electron chi connectivity index (χ1n) is 9.39. The van der Waals surface area contributed by atoms with Gasteiger partial charge in [-0.15, -0.1) is 11.8 Å². The van der Waals surface area contributed by atoms with Gasteiger partial charge >= 0.3 is 0 Å². The molecule has 0 saturated heterocycles. The van der Waals surface area contributed by atoms with Crippen molar-refractivity contribution >= 4 is 23.4 Å². The molecule has 1 aliphatic heterocycles. The van der Waals surface area contributed by atoms with Crippen LogP contribution in [0, 0.1) is 0 Å². The number of rotatable bonds is 8. The molecule has 1 unspecified atom stereocenters. The van der Waals surface area contributed by atoms with Gasteiger partial charge in [-0.3, -0.25) is 4.79 Å². The summed E-state index contributed by atoms with van der Waals surface area (Å²) in [7, 11) is 3.81. The number of benzene rings is 2. The summed E-state index contributed by atoms with van der Waals surface area (Å²) in [6.45, 7) is 2.90. The molecule has 3 N–H and O–H groups in total. The Hall–Kier alpha value is -2.22. The van der Waals surface area contributed by atoms with Crippen molar-refractivity contribution in [2.24, 2.45) is 5.73 Å². The van der Waals surface area contributed by atoms with E-state index in [-0.39, 0.29) is 11.7 Å². The molecule has 3 rings (SSSR count). The second kappa shape index (κ2) is 9.32. The Bertz CT molecular complexity index is 830. The van der Waals surface area contributed by atoms with Gasteiger partial charge in [0.05, 0.1) is 12.3 Å². The Morgan fingerprint density at radius 2 is 2.04 bits per heavy atom. The van der Waals surface area contributed by atoms with Gasteiger partial charge in [0.25, 0.3) is 0 Å². The fraction of sp³-hybridized carbons (Fsp3) is 0.381. The first-order valence-corrected chi connectivity index (χ1v) is 10.3. The van der Waals surface area contributed by atoms with Gasteiger partial charge in [0.15, 0.2) is 0 Å². The second-order valence-corrected chi connectivity index (χ2v) is 8.03. The highest BCUT2D eigenvalue weighted by atomic mass is 32.2. The Labute approximate surface area is 170 Å². The zero-order valence-corrected chi connectivity index (χ0v) is 17.1. The fourth-order valence-corrected chi connectivity index (χ4v) is 4.53. The Morgan fingerprint density at radius 1 is 1.25 bits per heavy atom. The number of hydrogen-bond acceptors (Lipinski definition) is 6. The van der Waals surface area contributed by atoms with Gasteiger partial charge in [0, 0.05) is 37.1 Å². The number of carbonyl (C=O) groups excluding carboxylic acids is 1. The van der Waals surface area contributed by atoms with Crippen LogP contribution in [0.25, 0.3) is 0 Å². The highest BCUT2D eigenvalue weighted by Gasteiger charge is 2.34. The normalized spacial score (nSPS) is 16.4. The van der Waals surface area contributed by atoms with Crippen LogP contribution >= 0.6 is 11.8 Å². The Balaban J connectivity index is 1.76. The summed E-state index contributed by atoms with van der Waals surface area (Å²) in [5.74, 6) is 0.736. The third-order valence-corrected chi connectivity index (χ3v) is 6.05. The van der Waals surface area contributed by atoms with Crippen molar-refractivity contribution in [1.29, 1.82) is 0 Å². The molecule has 1 atom stereocenters. The topological polar surface area (TPSA) is 79.0 Å². The van der Waals surface area contributed by atoms with E-state index in [0.717, 1.165) is 30.1 Å². The van der Waals surface area contributed by atoms with Gasteiger partial charge in [-0.05, 0) is 43.8 Å². The summed E-state index contributed by atoms with van der Waals surface area (Å²) in [4.78, 5) is 17.9. The molecule has 2 aromatic carbocycles. The van der Waals surface area contributed by atoms with Gasteiger partial charge in [0.2, 0.25) is 5.91 Å². The number of anilines is 1. The van der Waals surface area contributed by atoms with E-state index >= 15 is 0 Å². The van der Waals surface area contributed by atoms with Gasteiger partial charge < -0.3 is 25.4 Å². The Kier molecular flexibility index (Phi) is 6.83. The van der Waals surface area contributed by atoms with Crippen LogP contribution in [0.15, 0.2) is 47.4 Å². The third-order valence-electron chi connectivity index (χ3n) is 4.75. The van der Waals surface area contributed by atoms with Crippen molar-refractivity contribution in [2.75, 3.05) is 45.2 Å². The van der Waals surface area contributed by atoms with Gasteiger partial charge in [0.1, 0.15) is 16.7 Å². The van der Waals surface area contributed by atoms with Gasteiger partial charge in [-0.25, -0.2) is 0 Å². The number of fused-ring (bicyclic) bond motifs is 1. The number of phenolic OH excluding ortho intramolecular Hbond substituents is 1. The monoisotopic (exact) mass is 401 g/mol. The zero-order valence-electron chi connectivity index (χ0n) is 16.3. The van der Waals surface area contributed by atoms with Crippen LogP contribution in [0.4, 0.5) is 5.69 Å². The van der Waals surface area contributed by atoms with E-state index in [2.05, 4.69) is 4.90 Å². The van der Waals surface area contributed by atoms with Gasteiger partial charge in [-0.2, -0.15) is 0 Å². The molecule has 150 valence electrons. The lowest BCUT2D eigenvalue weighted by molar-refractivity contribution is -0.118. The lowest BCUT2D eigenvalue weighted by atomic mass is 10.1. The van der Waals surface area contributed by atoms with Crippen molar-refractivity contribution in [3.8, 4) is 11.5 Å². The van der Waals surface area contributed by atoms with E-state index in [0.29, 0.717) is 24.5 Å². The molecule has 0 aliphatic carbocycles. The molecule has 0 aromatic heterocycles. The smallest absolute Gasteiger partial charge is 0.244 e. The molecule has 0 radical (unpaired) electrons. The maximum absolute atomic E-state index is 13.0. The predicted molar refractivity (Wildman–Crippen MR) is 113 cm³/mol. The second-order valence-electron chi connectivity index (χ2n) is 6.88. The summed E-state index contributed by atoms with van der Waals surface area (Å²) in [6.07, 6.45) is 0.852. The van der Waals surface area contributed by atoms with Crippen molar-refractivity contribution in [3.63, 3.8) is 0 Å². The number of thioether (sulfide) groups is 1. The number of hydrogen-bond donors (Lipinski definition) is 2. The largest absolute Gasteiger partial charge is 0.508 e. The maximum Gasteiger partial charge on any atom is 0.244 e. The van der Waals surface area contributed by atoms with E-state index in [1.165, 1.54) is 11.8 Å². The molecule has 6 nitrogen and oxygen atoms in total. The number of phenols is 1. The average Bonchev–Trinajstić information content (AvgIpc) is 2.69. The molecule has 1 amide bonds. The summed E-state index contributed by atoms with van der Waals surface area (Å²) in [5, 5.41) is 9.55. The minimum Gasteiger partial charge on any atom is -0.508 e. The first kappa shape index (κ1) is 20.5. The standard InChI is InChI=1S/C21H27N3O3S/c1-23(12-10-22)11-5-13-27-18-9-8-15(25)14-16(18)20-21(26)24(2)17-6-3-4-7-19(17)28-20/h3-4,6-9,14,20,25H,5,10-13,22H2,1-2H3. The number of amides is 1. The fourth-order valence-electron chi connectivity index (χ4n) is 3.22. The predicted octanol–water partition coefficient (Wildman–Crippen LogP) is 2.86. The molecule has 7 heteroatoms. The van der Waals surface area contributed by atoms with Crippen molar-refractivity contribution < 1.29 is 14.6 Å². The van der Waals surface area contributed by atoms with E-state index in [9.17, 15) is 9.90 Å². The summed E-state index contributed by atoms with van der Waals surface area (Å²) >= 11 is 1.49. The summed E-state index contributed by atoms with van der Waals surface area (Å²) in [5.41, 5.74) is 7.17. The zero-order chi connectivity index (χ0) is 20.1. The summed E-state index contributed by atoms with van der Waals surface area (Å²) < 4.78 is 5.99. The molecule has 28 heavy (non-hydrogen) atoms. The van der Waals surface area contributed by atoms with E-state index in [1.807, 2.05) is 31.3 Å². The molecule has 0 saturated carbocycles. The van der Waals surface area contributed by atoms with Crippen molar-refractivity contribution in [1.82, 2.24) is 4.90 Å². The van der Waals surface area contributed by atoms with E-state index in [4.69, 9.17) is 10.5 Å². The third kappa shape index (κ3) is 4.60. The number of aromatic hydroxyl groups is 1. The average molecular weight is 402 g/mol. The van der Waals surface area contributed by atoms with Gasteiger partial charge in [-0.1, -0.05) is 12.1 Å². The van der Waals surface area contributed by atoms with Crippen LogP contribution in [0.5, 0.6) is 11.5 Å². The minimum absolute atomic E-state index is 0.0261. The molecule has 0 spiro atoms.